The Hall–Kier alpha value is -2.32. The van der Waals surface area contributed by atoms with E-state index in [0.29, 0.717) is 19.5 Å². The number of benzene rings is 1. The first kappa shape index (κ1) is 20.4. The highest BCUT2D eigenvalue weighted by Crippen LogP contribution is 2.22. The average Bonchev–Trinajstić information content (AvgIpc) is 2.66. The number of aromatic nitrogens is 2. The topological polar surface area (TPSA) is 64.5 Å². The lowest BCUT2D eigenvalue weighted by atomic mass is 10.1. The molecule has 1 aliphatic heterocycles. The van der Waals surface area contributed by atoms with Crippen molar-refractivity contribution in [2.45, 2.75) is 38.9 Å². The fraction of sp³-hybridized carbons (Fsp3) is 0.500. The van der Waals surface area contributed by atoms with Crippen LogP contribution in [0, 0.1) is 11.6 Å². The van der Waals surface area contributed by atoms with Crippen LogP contribution < -0.4 is 10.2 Å². The first-order valence-electron chi connectivity index (χ1n) is 9.58. The van der Waals surface area contributed by atoms with E-state index in [0.717, 1.165) is 36.4 Å². The highest BCUT2D eigenvalue weighted by atomic mass is 19.2. The third-order valence-corrected chi connectivity index (χ3v) is 4.85. The van der Waals surface area contributed by atoms with Crippen molar-refractivity contribution >= 4 is 11.6 Å². The molecule has 2 heterocycles. The van der Waals surface area contributed by atoms with Gasteiger partial charge in [-0.3, -0.25) is 4.90 Å². The van der Waals surface area contributed by atoms with Crippen LogP contribution in [0.4, 0.5) is 20.4 Å². The van der Waals surface area contributed by atoms with E-state index in [1.54, 1.807) is 12.4 Å². The smallest absolute Gasteiger partial charge is 0.159 e. The van der Waals surface area contributed by atoms with Gasteiger partial charge in [-0.15, -0.1) is 0 Å². The molecule has 0 amide bonds. The Morgan fingerprint density at radius 3 is 2.71 bits per heavy atom. The number of nitrogens with zero attached hydrogens (tertiary/aromatic N) is 4. The van der Waals surface area contributed by atoms with Gasteiger partial charge in [-0.1, -0.05) is 6.07 Å². The maximum atomic E-state index is 13.5. The molecule has 1 saturated heterocycles. The van der Waals surface area contributed by atoms with Gasteiger partial charge in [0.2, 0.25) is 0 Å². The second-order valence-corrected chi connectivity index (χ2v) is 7.39. The van der Waals surface area contributed by atoms with Gasteiger partial charge in [0, 0.05) is 50.9 Å². The van der Waals surface area contributed by atoms with E-state index in [1.807, 2.05) is 6.07 Å². The SMILES string of the molecule is CC(C)Nc1cc(N2CCN(Cc3ccc(F)c(F)c3)[C@@H](CCO)C2)ncn1. The molecule has 1 atom stereocenters. The van der Waals surface area contributed by atoms with Gasteiger partial charge in [0.1, 0.15) is 18.0 Å². The molecule has 2 aromatic rings. The normalized spacial score (nSPS) is 17.9. The Labute approximate surface area is 164 Å². The minimum Gasteiger partial charge on any atom is -0.396 e. The van der Waals surface area contributed by atoms with E-state index in [9.17, 15) is 13.9 Å². The van der Waals surface area contributed by atoms with Crippen molar-refractivity contribution in [3.05, 3.63) is 47.8 Å². The van der Waals surface area contributed by atoms with Crippen LogP contribution in [-0.4, -0.2) is 58.3 Å². The van der Waals surface area contributed by atoms with Crippen LogP contribution in [0.1, 0.15) is 25.8 Å². The Morgan fingerprint density at radius 1 is 1.18 bits per heavy atom. The fourth-order valence-electron chi connectivity index (χ4n) is 3.50. The van der Waals surface area contributed by atoms with Gasteiger partial charge in [0.15, 0.2) is 11.6 Å². The monoisotopic (exact) mass is 391 g/mol. The minimum atomic E-state index is -0.838. The summed E-state index contributed by atoms with van der Waals surface area (Å²) in [6, 6.07) is 6.30. The largest absolute Gasteiger partial charge is 0.396 e. The Morgan fingerprint density at radius 2 is 2.00 bits per heavy atom. The highest BCUT2D eigenvalue weighted by Gasteiger charge is 2.27. The Bertz CT molecular complexity index is 789. The molecule has 8 heteroatoms. The molecular formula is C20H27F2N5O. The molecule has 0 aliphatic carbocycles. The molecule has 0 saturated carbocycles. The molecular weight excluding hydrogens is 364 g/mol. The van der Waals surface area contributed by atoms with E-state index in [1.165, 1.54) is 6.07 Å². The van der Waals surface area contributed by atoms with Gasteiger partial charge in [0.25, 0.3) is 0 Å². The molecule has 0 radical (unpaired) electrons. The fourth-order valence-corrected chi connectivity index (χ4v) is 3.50. The van der Waals surface area contributed by atoms with Crippen molar-refractivity contribution in [3.8, 4) is 0 Å². The number of rotatable bonds is 7. The number of aliphatic hydroxyl groups is 1. The molecule has 28 heavy (non-hydrogen) atoms. The first-order chi connectivity index (χ1) is 13.5. The second-order valence-electron chi connectivity index (χ2n) is 7.39. The summed E-state index contributed by atoms with van der Waals surface area (Å²) in [7, 11) is 0. The number of anilines is 2. The number of aliphatic hydroxyl groups excluding tert-OH is 1. The van der Waals surface area contributed by atoms with Crippen molar-refractivity contribution in [1.82, 2.24) is 14.9 Å². The molecule has 6 nitrogen and oxygen atoms in total. The summed E-state index contributed by atoms with van der Waals surface area (Å²) in [6.07, 6.45) is 2.15. The van der Waals surface area contributed by atoms with Gasteiger partial charge in [0.05, 0.1) is 0 Å². The standard InChI is InChI=1S/C20H27F2N5O/c1-14(2)25-19-10-20(24-13-23-19)27-7-6-26(16(12-27)5-8-28)11-15-3-4-17(21)18(22)9-15/h3-4,9-10,13-14,16,28H,5-8,11-12H2,1-2H3,(H,23,24,25)/t16-/m0/s1. The number of nitrogens with one attached hydrogen (secondary N) is 1. The molecule has 1 aromatic heterocycles. The van der Waals surface area contributed by atoms with Gasteiger partial charge in [-0.05, 0) is 38.0 Å². The average molecular weight is 391 g/mol. The van der Waals surface area contributed by atoms with Crippen molar-refractivity contribution in [3.63, 3.8) is 0 Å². The molecule has 1 fully saturated rings. The summed E-state index contributed by atoms with van der Waals surface area (Å²) in [4.78, 5) is 13.0. The van der Waals surface area contributed by atoms with Crippen LogP contribution in [0.25, 0.3) is 0 Å². The van der Waals surface area contributed by atoms with Crippen molar-refractivity contribution in [2.24, 2.45) is 0 Å². The van der Waals surface area contributed by atoms with Crippen LogP contribution in [0.5, 0.6) is 0 Å². The summed E-state index contributed by atoms with van der Waals surface area (Å²) in [6.45, 7) is 6.87. The maximum absolute atomic E-state index is 13.5. The van der Waals surface area contributed by atoms with Crippen LogP contribution in [-0.2, 0) is 6.54 Å². The summed E-state index contributed by atoms with van der Waals surface area (Å²) in [5, 5.41) is 12.8. The predicted octanol–water partition coefficient (Wildman–Crippen LogP) is 2.65. The molecule has 0 bridgehead atoms. The van der Waals surface area contributed by atoms with Crippen LogP contribution in [0.3, 0.4) is 0 Å². The van der Waals surface area contributed by atoms with Gasteiger partial charge in [-0.2, -0.15) is 0 Å². The summed E-state index contributed by atoms with van der Waals surface area (Å²) >= 11 is 0. The molecule has 1 aliphatic rings. The molecule has 1 aromatic carbocycles. The number of hydrogen-bond acceptors (Lipinski definition) is 6. The van der Waals surface area contributed by atoms with E-state index in [2.05, 4.69) is 38.9 Å². The van der Waals surface area contributed by atoms with Gasteiger partial charge >= 0.3 is 0 Å². The van der Waals surface area contributed by atoms with E-state index < -0.39 is 11.6 Å². The zero-order chi connectivity index (χ0) is 20.1. The highest BCUT2D eigenvalue weighted by molar-refractivity contribution is 5.49. The lowest BCUT2D eigenvalue weighted by Crippen LogP contribution is -2.53. The quantitative estimate of drug-likeness (QED) is 0.757. The van der Waals surface area contributed by atoms with Crippen molar-refractivity contribution in [2.75, 3.05) is 36.5 Å². The summed E-state index contributed by atoms with van der Waals surface area (Å²) < 4.78 is 26.7. The lowest BCUT2D eigenvalue weighted by Gasteiger charge is -2.42. The maximum Gasteiger partial charge on any atom is 0.159 e. The number of halogens is 2. The summed E-state index contributed by atoms with van der Waals surface area (Å²) in [5.41, 5.74) is 0.723. The zero-order valence-corrected chi connectivity index (χ0v) is 16.3. The molecule has 152 valence electrons. The lowest BCUT2D eigenvalue weighted by molar-refractivity contribution is 0.135. The van der Waals surface area contributed by atoms with Crippen molar-refractivity contribution in [1.29, 1.82) is 0 Å². The predicted molar refractivity (Wildman–Crippen MR) is 105 cm³/mol. The third-order valence-electron chi connectivity index (χ3n) is 4.85. The van der Waals surface area contributed by atoms with E-state index >= 15 is 0 Å². The van der Waals surface area contributed by atoms with E-state index in [4.69, 9.17) is 0 Å². The number of piperazine rings is 1. The first-order valence-corrected chi connectivity index (χ1v) is 9.58. The third kappa shape index (κ3) is 5.14. The van der Waals surface area contributed by atoms with Gasteiger partial charge < -0.3 is 15.3 Å². The van der Waals surface area contributed by atoms with Gasteiger partial charge in [-0.25, -0.2) is 18.7 Å². The zero-order valence-electron chi connectivity index (χ0n) is 16.3. The molecule has 3 rings (SSSR count). The minimum absolute atomic E-state index is 0.0662. The van der Waals surface area contributed by atoms with Crippen molar-refractivity contribution < 1.29 is 13.9 Å². The van der Waals surface area contributed by atoms with Crippen LogP contribution in [0.15, 0.2) is 30.6 Å². The molecule has 2 N–H and O–H groups in total. The Kier molecular flexibility index (Phi) is 6.74. The number of hydrogen-bond donors (Lipinski definition) is 2. The van der Waals surface area contributed by atoms with Crippen LogP contribution in [0.2, 0.25) is 0 Å². The molecule has 0 unspecified atom stereocenters. The van der Waals surface area contributed by atoms with Crippen LogP contribution >= 0.6 is 0 Å². The molecule has 0 spiro atoms. The van der Waals surface area contributed by atoms with E-state index in [-0.39, 0.29) is 18.7 Å². The Balaban J connectivity index is 1.70. The second kappa shape index (κ2) is 9.25. The summed E-state index contributed by atoms with van der Waals surface area (Å²) in [5.74, 6) is -0.0486.